The zero-order chi connectivity index (χ0) is 17.9. The van der Waals surface area contributed by atoms with Crippen LogP contribution in [0.25, 0.3) is 10.6 Å². The molecule has 6 nitrogen and oxygen atoms in total. The molecule has 0 saturated carbocycles. The molecule has 3 rings (SSSR count). The number of aliphatic hydroxyl groups excluding tert-OH is 1. The Hall–Kier alpha value is -2.00. The number of thiophene rings is 1. The SMILES string of the molecule is Cn1cc(S(=O)(=O)N(CCO)Cc2ccccc2)c(-c2cccs2)n1. The first-order chi connectivity index (χ1) is 12.0. The Kier molecular flexibility index (Phi) is 5.33. The van der Waals surface area contributed by atoms with Crippen molar-refractivity contribution in [2.75, 3.05) is 13.2 Å². The van der Waals surface area contributed by atoms with Crippen LogP contribution >= 0.6 is 11.3 Å². The fraction of sp³-hybridized carbons (Fsp3) is 0.235. The van der Waals surface area contributed by atoms with Gasteiger partial charge < -0.3 is 5.11 Å². The molecule has 0 aliphatic heterocycles. The van der Waals surface area contributed by atoms with Gasteiger partial charge in [0.25, 0.3) is 0 Å². The Balaban J connectivity index is 2.01. The molecule has 3 aromatic rings. The minimum atomic E-state index is -3.80. The molecule has 0 amide bonds. The zero-order valence-corrected chi connectivity index (χ0v) is 15.4. The van der Waals surface area contributed by atoms with Crippen LogP contribution in [0.15, 0.2) is 58.9 Å². The summed E-state index contributed by atoms with van der Waals surface area (Å²) in [7, 11) is -2.10. The van der Waals surface area contributed by atoms with Crippen molar-refractivity contribution < 1.29 is 13.5 Å². The summed E-state index contributed by atoms with van der Waals surface area (Å²) >= 11 is 1.44. The molecule has 0 aliphatic rings. The third-order valence-electron chi connectivity index (χ3n) is 3.72. The maximum absolute atomic E-state index is 13.2. The van der Waals surface area contributed by atoms with Crippen molar-refractivity contribution in [3.05, 3.63) is 59.6 Å². The van der Waals surface area contributed by atoms with Crippen molar-refractivity contribution in [2.24, 2.45) is 7.05 Å². The Morgan fingerprint density at radius 3 is 2.60 bits per heavy atom. The van der Waals surface area contributed by atoms with Crippen LogP contribution in [-0.4, -0.2) is 40.8 Å². The van der Waals surface area contributed by atoms with Gasteiger partial charge >= 0.3 is 0 Å². The van der Waals surface area contributed by atoms with Gasteiger partial charge in [0.05, 0.1) is 11.5 Å². The highest BCUT2D eigenvalue weighted by molar-refractivity contribution is 7.89. The van der Waals surface area contributed by atoms with Gasteiger partial charge in [-0.3, -0.25) is 4.68 Å². The second-order valence-electron chi connectivity index (χ2n) is 5.54. The lowest BCUT2D eigenvalue weighted by Gasteiger charge is -2.21. The molecule has 0 fully saturated rings. The van der Waals surface area contributed by atoms with E-state index in [0.717, 1.165) is 10.4 Å². The first-order valence-corrected chi connectivity index (χ1v) is 10.1. The van der Waals surface area contributed by atoms with E-state index in [1.807, 2.05) is 47.8 Å². The molecule has 1 N–H and O–H groups in total. The van der Waals surface area contributed by atoms with Crippen LogP contribution in [0.4, 0.5) is 0 Å². The normalized spacial score (nSPS) is 12.0. The number of aryl methyl sites for hydroxylation is 1. The number of hydrogen-bond acceptors (Lipinski definition) is 5. The molecule has 2 aromatic heterocycles. The second kappa shape index (κ2) is 7.49. The summed E-state index contributed by atoms with van der Waals surface area (Å²) in [6.45, 7) is -0.0286. The fourth-order valence-electron chi connectivity index (χ4n) is 2.56. The van der Waals surface area contributed by atoms with Crippen LogP contribution in [0, 0.1) is 0 Å². The molecule has 25 heavy (non-hydrogen) atoms. The molecule has 0 radical (unpaired) electrons. The first-order valence-electron chi connectivity index (χ1n) is 7.75. The van der Waals surface area contributed by atoms with Crippen LogP contribution in [0.1, 0.15) is 5.56 Å². The van der Waals surface area contributed by atoms with E-state index in [9.17, 15) is 13.5 Å². The van der Waals surface area contributed by atoms with Gasteiger partial charge in [-0.05, 0) is 17.0 Å². The minimum absolute atomic E-state index is 0.0238. The monoisotopic (exact) mass is 377 g/mol. The quantitative estimate of drug-likeness (QED) is 0.686. The van der Waals surface area contributed by atoms with E-state index in [1.165, 1.54) is 26.5 Å². The smallest absolute Gasteiger partial charge is 0.247 e. The molecule has 0 bridgehead atoms. The molecule has 0 aliphatic carbocycles. The largest absolute Gasteiger partial charge is 0.395 e. The molecule has 0 atom stereocenters. The van der Waals surface area contributed by atoms with Crippen LogP contribution in [0.5, 0.6) is 0 Å². The number of benzene rings is 1. The van der Waals surface area contributed by atoms with E-state index in [1.54, 1.807) is 7.05 Å². The fourth-order valence-corrected chi connectivity index (χ4v) is 4.95. The summed E-state index contributed by atoms with van der Waals surface area (Å²) in [6.07, 6.45) is 1.51. The zero-order valence-electron chi connectivity index (χ0n) is 13.7. The second-order valence-corrected chi connectivity index (χ2v) is 8.39. The predicted octanol–water partition coefficient (Wildman–Crippen LogP) is 2.33. The lowest BCUT2D eigenvalue weighted by atomic mass is 10.2. The van der Waals surface area contributed by atoms with E-state index in [4.69, 9.17) is 0 Å². The minimum Gasteiger partial charge on any atom is -0.395 e. The van der Waals surface area contributed by atoms with Crippen LogP contribution < -0.4 is 0 Å². The van der Waals surface area contributed by atoms with Gasteiger partial charge in [0.1, 0.15) is 10.6 Å². The van der Waals surface area contributed by atoms with E-state index in [0.29, 0.717) is 5.69 Å². The molecule has 132 valence electrons. The van der Waals surface area contributed by atoms with Crippen molar-refractivity contribution in [3.63, 3.8) is 0 Å². The number of sulfonamides is 1. The average Bonchev–Trinajstić information content (AvgIpc) is 3.25. The summed E-state index contributed by atoms with van der Waals surface area (Å²) in [5.41, 5.74) is 1.30. The van der Waals surface area contributed by atoms with Crippen molar-refractivity contribution in [1.82, 2.24) is 14.1 Å². The molecule has 0 spiro atoms. The summed E-state index contributed by atoms with van der Waals surface area (Å²) in [5, 5.41) is 15.6. The van der Waals surface area contributed by atoms with Gasteiger partial charge in [0.2, 0.25) is 10.0 Å². The maximum Gasteiger partial charge on any atom is 0.247 e. The van der Waals surface area contributed by atoms with Crippen molar-refractivity contribution >= 4 is 21.4 Å². The number of aliphatic hydroxyl groups is 1. The molecule has 2 heterocycles. The highest BCUT2D eigenvalue weighted by Gasteiger charge is 2.30. The van der Waals surface area contributed by atoms with Gasteiger partial charge in [0, 0.05) is 26.3 Å². The third kappa shape index (κ3) is 3.82. The van der Waals surface area contributed by atoms with Crippen molar-refractivity contribution in [1.29, 1.82) is 0 Å². The Morgan fingerprint density at radius 1 is 1.20 bits per heavy atom. The van der Waals surface area contributed by atoms with Gasteiger partial charge in [0.15, 0.2) is 0 Å². The van der Waals surface area contributed by atoms with E-state index >= 15 is 0 Å². The Bertz CT molecular complexity index is 919. The van der Waals surface area contributed by atoms with Gasteiger partial charge in [-0.2, -0.15) is 9.40 Å². The average molecular weight is 377 g/mol. The summed E-state index contributed by atoms with van der Waals surface area (Å²) in [6, 6.07) is 13.0. The summed E-state index contributed by atoms with van der Waals surface area (Å²) in [4.78, 5) is 0.949. The molecular formula is C17H19N3O3S2. The standard InChI is InChI=1S/C17H19N3O3S2/c1-19-13-16(17(18-19)15-8-5-11-24-15)25(22,23)20(9-10-21)12-14-6-3-2-4-7-14/h2-8,11,13,21H,9-10,12H2,1H3. The summed E-state index contributed by atoms with van der Waals surface area (Å²) < 4.78 is 29.2. The van der Waals surface area contributed by atoms with E-state index in [-0.39, 0.29) is 24.6 Å². The number of rotatable bonds is 7. The van der Waals surface area contributed by atoms with Crippen LogP contribution in [0.2, 0.25) is 0 Å². The third-order valence-corrected chi connectivity index (χ3v) is 6.44. The molecule has 1 aromatic carbocycles. The Labute approximate surface area is 151 Å². The van der Waals surface area contributed by atoms with E-state index < -0.39 is 10.0 Å². The Morgan fingerprint density at radius 2 is 1.96 bits per heavy atom. The first kappa shape index (κ1) is 17.8. The maximum atomic E-state index is 13.2. The molecular weight excluding hydrogens is 358 g/mol. The number of hydrogen-bond donors (Lipinski definition) is 1. The predicted molar refractivity (Wildman–Crippen MR) is 97.6 cm³/mol. The lowest BCUT2D eigenvalue weighted by molar-refractivity contribution is 0.251. The van der Waals surface area contributed by atoms with Crippen LogP contribution in [0.3, 0.4) is 0 Å². The van der Waals surface area contributed by atoms with Gasteiger partial charge in [-0.1, -0.05) is 36.4 Å². The number of aromatic nitrogens is 2. The van der Waals surface area contributed by atoms with E-state index in [2.05, 4.69) is 5.10 Å². The van der Waals surface area contributed by atoms with Crippen LogP contribution in [-0.2, 0) is 23.6 Å². The van der Waals surface area contributed by atoms with Crippen molar-refractivity contribution in [2.45, 2.75) is 11.4 Å². The molecule has 0 saturated heterocycles. The van der Waals surface area contributed by atoms with Gasteiger partial charge in [-0.25, -0.2) is 8.42 Å². The van der Waals surface area contributed by atoms with Crippen molar-refractivity contribution in [3.8, 4) is 10.6 Å². The highest BCUT2D eigenvalue weighted by atomic mass is 32.2. The molecule has 0 unspecified atom stereocenters. The molecule has 8 heteroatoms. The lowest BCUT2D eigenvalue weighted by Crippen LogP contribution is -2.33. The highest BCUT2D eigenvalue weighted by Crippen LogP contribution is 2.31. The topological polar surface area (TPSA) is 75.4 Å². The van der Waals surface area contributed by atoms with Gasteiger partial charge in [-0.15, -0.1) is 11.3 Å². The number of nitrogens with zero attached hydrogens (tertiary/aromatic N) is 3. The summed E-state index contributed by atoms with van der Waals surface area (Å²) in [5.74, 6) is 0.